The van der Waals surface area contributed by atoms with E-state index in [1.165, 1.54) is 0 Å². The number of halogens is 1. The highest BCUT2D eigenvalue weighted by atomic mass is 35.5. The average molecular weight is 301 g/mol. The van der Waals surface area contributed by atoms with Gasteiger partial charge in [0.05, 0.1) is 17.4 Å². The minimum Gasteiger partial charge on any atom is -0.455 e. The fourth-order valence-electron chi connectivity index (χ4n) is 2.54. The van der Waals surface area contributed by atoms with E-state index in [0.717, 1.165) is 0 Å². The summed E-state index contributed by atoms with van der Waals surface area (Å²) in [7, 11) is 0. The van der Waals surface area contributed by atoms with Gasteiger partial charge in [-0.05, 0) is 24.6 Å². The van der Waals surface area contributed by atoms with Gasteiger partial charge in [-0.2, -0.15) is 0 Å². The Morgan fingerprint density at radius 2 is 2.00 bits per heavy atom. The van der Waals surface area contributed by atoms with Crippen LogP contribution in [0.2, 0.25) is 5.02 Å². The highest BCUT2D eigenvalue weighted by Crippen LogP contribution is 2.30. The molecule has 1 aromatic heterocycles. The van der Waals surface area contributed by atoms with E-state index in [0.29, 0.717) is 44.5 Å². The standard InChI is InChI=1S/C17H13ClO3/c1-2-5-10-13(9-19)14(18)8-12-16(20)11-6-3-4-7-15(11)21-17(10)12/h2-4,6-8,19H,1,5,9H2. The molecule has 3 nitrogen and oxygen atoms in total. The molecule has 0 atom stereocenters. The number of rotatable bonds is 3. The topological polar surface area (TPSA) is 50.4 Å². The number of para-hydroxylation sites is 1. The van der Waals surface area contributed by atoms with Crippen molar-refractivity contribution in [2.24, 2.45) is 0 Å². The zero-order valence-electron chi connectivity index (χ0n) is 11.2. The maximum atomic E-state index is 12.6. The Balaban J connectivity index is 2.55. The van der Waals surface area contributed by atoms with Gasteiger partial charge in [0.1, 0.15) is 11.2 Å². The van der Waals surface area contributed by atoms with Crippen LogP contribution in [-0.2, 0) is 13.0 Å². The van der Waals surface area contributed by atoms with Gasteiger partial charge in [-0.15, -0.1) is 6.58 Å². The fraction of sp³-hybridized carbons (Fsp3) is 0.118. The molecule has 0 saturated carbocycles. The predicted octanol–water partition coefficient (Wildman–Crippen LogP) is 3.82. The van der Waals surface area contributed by atoms with E-state index >= 15 is 0 Å². The summed E-state index contributed by atoms with van der Waals surface area (Å²) in [6, 6.07) is 8.64. The van der Waals surface area contributed by atoms with Crippen molar-refractivity contribution in [1.82, 2.24) is 0 Å². The second-order valence-electron chi connectivity index (χ2n) is 4.77. The summed E-state index contributed by atoms with van der Waals surface area (Å²) < 4.78 is 5.89. The van der Waals surface area contributed by atoms with Crippen molar-refractivity contribution in [2.45, 2.75) is 13.0 Å². The third-order valence-corrected chi connectivity index (χ3v) is 3.87. The SMILES string of the molecule is C=CCc1c(CO)c(Cl)cc2c(=O)c3ccccc3oc12. The third-order valence-electron chi connectivity index (χ3n) is 3.54. The number of aliphatic hydroxyl groups excluding tert-OH is 1. The van der Waals surface area contributed by atoms with E-state index in [1.54, 1.807) is 30.3 Å². The van der Waals surface area contributed by atoms with Crippen molar-refractivity contribution in [3.8, 4) is 0 Å². The summed E-state index contributed by atoms with van der Waals surface area (Å²) in [6.07, 6.45) is 2.16. The number of hydrogen-bond donors (Lipinski definition) is 1. The van der Waals surface area contributed by atoms with Crippen molar-refractivity contribution in [3.05, 3.63) is 69.4 Å². The molecule has 1 heterocycles. The van der Waals surface area contributed by atoms with E-state index in [9.17, 15) is 9.90 Å². The van der Waals surface area contributed by atoms with Gasteiger partial charge < -0.3 is 9.52 Å². The monoisotopic (exact) mass is 300 g/mol. The van der Waals surface area contributed by atoms with Crippen LogP contribution in [0.5, 0.6) is 0 Å². The molecule has 0 aliphatic rings. The van der Waals surface area contributed by atoms with Crippen LogP contribution in [0.3, 0.4) is 0 Å². The molecule has 0 saturated heterocycles. The highest BCUT2D eigenvalue weighted by molar-refractivity contribution is 6.32. The predicted molar refractivity (Wildman–Crippen MR) is 84.8 cm³/mol. The molecule has 0 radical (unpaired) electrons. The first kappa shape index (κ1) is 13.9. The Bertz CT molecular complexity index is 909. The molecule has 0 fully saturated rings. The van der Waals surface area contributed by atoms with Gasteiger partial charge in [-0.3, -0.25) is 4.79 Å². The van der Waals surface area contributed by atoms with E-state index < -0.39 is 0 Å². The molecule has 1 N–H and O–H groups in total. The summed E-state index contributed by atoms with van der Waals surface area (Å²) in [4.78, 5) is 12.6. The van der Waals surface area contributed by atoms with Crippen molar-refractivity contribution in [2.75, 3.05) is 0 Å². The van der Waals surface area contributed by atoms with Gasteiger partial charge in [-0.25, -0.2) is 0 Å². The average Bonchev–Trinajstić information content (AvgIpc) is 2.49. The maximum Gasteiger partial charge on any atom is 0.200 e. The van der Waals surface area contributed by atoms with Gasteiger partial charge in [-0.1, -0.05) is 29.8 Å². The van der Waals surface area contributed by atoms with E-state index in [2.05, 4.69) is 6.58 Å². The highest BCUT2D eigenvalue weighted by Gasteiger charge is 2.16. The number of hydrogen-bond acceptors (Lipinski definition) is 3. The fourth-order valence-corrected chi connectivity index (χ4v) is 2.82. The molecule has 3 rings (SSSR count). The number of allylic oxidation sites excluding steroid dienone is 1. The summed E-state index contributed by atoms with van der Waals surface area (Å²) >= 11 is 6.19. The van der Waals surface area contributed by atoms with Crippen molar-refractivity contribution in [1.29, 1.82) is 0 Å². The van der Waals surface area contributed by atoms with Crippen molar-refractivity contribution < 1.29 is 9.52 Å². The molecule has 3 aromatic rings. The quantitative estimate of drug-likeness (QED) is 0.591. The molecule has 0 aliphatic heterocycles. The maximum absolute atomic E-state index is 12.6. The normalized spacial score (nSPS) is 11.1. The van der Waals surface area contributed by atoms with Gasteiger partial charge in [0, 0.05) is 16.1 Å². The van der Waals surface area contributed by atoms with Crippen LogP contribution >= 0.6 is 11.6 Å². The largest absolute Gasteiger partial charge is 0.455 e. The minimum atomic E-state index is -0.214. The van der Waals surface area contributed by atoms with Crippen LogP contribution in [-0.4, -0.2) is 5.11 Å². The first-order valence-electron chi connectivity index (χ1n) is 6.55. The van der Waals surface area contributed by atoms with Crippen molar-refractivity contribution in [3.63, 3.8) is 0 Å². The molecule has 4 heteroatoms. The molecule has 0 aliphatic carbocycles. The number of aliphatic hydroxyl groups is 1. The van der Waals surface area contributed by atoms with Gasteiger partial charge in [0.15, 0.2) is 0 Å². The Morgan fingerprint density at radius 3 is 2.71 bits per heavy atom. The lowest BCUT2D eigenvalue weighted by Crippen LogP contribution is -2.06. The van der Waals surface area contributed by atoms with E-state index in [-0.39, 0.29) is 12.0 Å². The molecular weight excluding hydrogens is 288 g/mol. The first-order valence-corrected chi connectivity index (χ1v) is 6.92. The van der Waals surface area contributed by atoms with Crippen LogP contribution in [0.4, 0.5) is 0 Å². The van der Waals surface area contributed by atoms with Crippen LogP contribution in [0.15, 0.2) is 52.2 Å². The smallest absolute Gasteiger partial charge is 0.200 e. The van der Waals surface area contributed by atoms with E-state index in [1.807, 2.05) is 6.07 Å². The molecule has 2 aromatic carbocycles. The molecular formula is C17H13ClO3. The number of benzene rings is 2. The van der Waals surface area contributed by atoms with Crippen molar-refractivity contribution >= 4 is 33.5 Å². The summed E-state index contributed by atoms with van der Waals surface area (Å²) in [5.74, 6) is 0. The zero-order valence-corrected chi connectivity index (χ0v) is 12.0. The Hall–Kier alpha value is -2.10. The summed E-state index contributed by atoms with van der Waals surface area (Å²) in [6.45, 7) is 3.49. The van der Waals surface area contributed by atoms with Crippen LogP contribution in [0.1, 0.15) is 11.1 Å². The van der Waals surface area contributed by atoms with E-state index in [4.69, 9.17) is 16.0 Å². The Kier molecular flexibility index (Phi) is 3.53. The molecule has 0 unspecified atom stereocenters. The van der Waals surface area contributed by atoms with Crippen LogP contribution < -0.4 is 5.43 Å². The number of fused-ring (bicyclic) bond motifs is 2. The molecule has 0 amide bonds. The third kappa shape index (κ3) is 2.15. The zero-order chi connectivity index (χ0) is 15.0. The molecule has 21 heavy (non-hydrogen) atoms. The second-order valence-corrected chi connectivity index (χ2v) is 5.18. The molecule has 0 bridgehead atoms. The van der Waals surface area contributed by atoms with Crippen LogP contribution in [0.25, 0.3) is 21.9 Å². The van der Waals surface area contributed by atoms with Gasteiger partial charge in [0.2, 0.25) is 5.43 Å². The molecule has 106 valence electrons. The lowest BCUT2D eigenvalue weighted by atomic mass is 10.00. The van der Waals surface area contributed by atoms with Gasteiger partial charge >= 0.3 is 0 Å². The Morgan fingerprint density at radius 1 is 1.24 bits per heavy atom. The van der Waals surface area contributed by atoms with Crippen LogP contribution in [0, 0.1) is 0 Å². The lowest BCUT2D eigenvalue weighted by molar-refractivity contribution is 0.281. The lowest BCUT2D eigenvalue weighted by Gasteiger charge is -2.11. The minimum absolute atomic E-state index is 0.122. The van der Waals surface area contributed by atoms with Gasteiger partial charge in [0.25, 0.3) is 0 Å². The summed E-state index contributed by atoms with van der Waals surface area (Å²) in [5.41, 5.74) is 2.14. The second kappa shape index (κ2) is 5.35. The molecule has 0 spiro atoms. The summed E-state index contributed by atoms with van der Waals surface area (Å²) in [5, 5.41) is 10.8. The Labute approximate surface area is 126 Å². The first-order chi connectivity index (χ1) is 10.2.